The van der Waals surface area contributed by atoms with Gasteiger partial charge in [0, 0.05) is 18.7 Å². The van der Waals surface area contributed by atoms with Crippen molar-refractivity contribution < 1.29 is 19.1 Å². The Hall–Kier alpha value is -3.28. The van der Waals surface area contributed by atoms with Gasteiger partial charge in [0.2, 0.25) is 0 Å². The van der Waals surface area contributed by atoms with Gasteiger partial charge in [0.05, 0.1) is 19.3 Å². The third-order valence-corrected chi connectivity index (χ3v) is 4.37. The normalized spacial score (nSPS) is 15.8. The van der Waals surface area contributed by atoms with Gasteiger partial charge in [0.15, 0.2) is 6.10 Å². The molecule has 0 aliphatic carbocycles. The molecule has 1 heterocycles. The summed E-state index contributed by atoms with van der Waals surface area (Å²) in [6, 6.07) is 12.9. The Kier molecular flexibility index (Phi) is 5.45. The molecule has 1 aliphatic rings. The van der Waals surface area contributed by atoms with E-state index in [4.69, 9.17) is 9.47 Å². The molecule has 1 aliphatic heterocycles. The predicted molar refractivity (Wildman–Crippen MR) is 104 cm³/mol. The number of hydrogen-bond acceptors (Lipinski definition) is 4. The number of para-hydroxylation sites is 2. The minimum atomic E-state index is -0.754. The molecular formula is C21H22N2O4. The molecular weight excluding hydrogens is 344 g/mol. The van der Waals surface area contributed by atoms with E-state index in [1.54, 1.807) is 43.3 Å². The third kappa shape index (κ3) is 3.95. The van der Waals surface area contributed by atoms with Gasteiger partial charge in [-0.25, -0.2) is 0 Å². The van der Waals surface area contributed by atoms with Crippen molar-refractivity contribution in [2.75, 3.05) is 25.6 Å². The molecule has 0 saturated carbocycles. The van der Waals surface area contributed by atoms with Crippen LogP contribution in [-0.4, -0.2) is 38.6 Å². The molecule has 2 aromatic rings. The molecule has 1 unspecified atom stereocenters. The summed E-state index contributed by atoms with van der Waals surface area (Å²) < 4.78 is 11.1. The summed E-state index contributed by atoms with van der Waals surface area (Å²) in [5, 5.41) is 2.57. The molecule has 0 spiro atoms. The van der Waals surface area contributed by atoms with Crippen LogP contribution in [0.2, 0.25) is 0 Å². The van der Waals surface area contributed by atoms with Gasteiger partial charge >= 0.3 is 0 Å². The molecule has 27 heavy (non-hydrogen) atoms. The Morgan fingerprint density at radius 2 is 2.04 bits per heavy atom. The monoisotopic (exact) mass is 366 g/mol. The quantitative estimate of drug-likeness (QED) is 0.845. The molecule has 0 radical (unpaired) electrons. The number of hydrogen-bond donors (Lipinski definition) is 1. The number of anilines is 1. The van der Waals surface area contributed by atoms with Crippen molar-refractivity contribution >= 4 is 23.6 Å². The Bertz CT molecular complexity index is 892. The van der Waals surface area contributed by atoms with E-state index in [0.717, 1.165) is 11.1 Å². The maximum Gasteiger partial charge on any atom is 0.262 e. The summed E-state index contributed by atoms with van der Waals surface area (Å²) in [7, 11) is 3.14. The lowest BCUT2D eigenvalue weighted by atomic mass is 10.1. The maximum atomic E-state index is 12.9. The van der Waals surface area contributed by atoms with Gasteiger partial charge < -0.3 is 19.7 Å². The van der Waals surface area contributed by atoms with Crippen LogP contribution < -0.4 is 19.7 Å². The third-order valence-electron chi connectivity index (χ3n) is 4.37. The van der Waals surface area contributed by atoms with Crippen LogP contribution in [-0.2, 0) is 9.59 Å². The lowest BCUT2D eigenvalue weighted by Gasteiger charge is -2.33. The van der Waals surface area contributed by atoms with Crippen LogP contribution in [0.3, 0.4) is 0 Å². The number of aryl methyl sites for hydroxylation is 1. The Morgan fingerprint density at radius 3 is 2.78 bits per heavy atom. The van der Waals surface area contributed by atoms with Crippen LogP contribution in [0.25, 0.3) is 6.08 Å². The Balaban J connectivity index is 1.89. The number of nitrogens with one attached hydrogen (secondary N) is 1. The van der Waals surface area contributed by atoms with E-state index in [0.29, 0.717) is 17.2 Å². The lowest BCUT2D eigenvalue weighted by molar-refractivity contribution is -0.127. The second kappa shape index (κ2) is 7.95. The van der Waals surface area contributed by atoms with Crippen LogP contribution in [0.15, 0.2) is 48.5 Å². The smallest absolute Gasteiger partial charge is 0.262 e. The highest BCUT2D eigenvalue weighted by atomic mass is 16.5. The molecule has 6 heteroatoms. The van der Waals surface area contributed by atoms with Crippen molar-refractivity contribution in [3.05, 3.63) is 59.7 Å². The van der Waals surface area contributed by atoms with Crippen LogP contribution in [0.4, 0.5) is 5.69 Å². The molecule has 0 aromatic heterocycles. The summed E-state index contributed by atoms with van der Waals surface area (Å²) in [6.45, 7) is 2.12. The maximum absolute atomic E-state index is 12.9. The van der Waals surface area contributed by atoms with E-state index in [9.17, 15) is 9.59 Å². The molecule has 1 atom stereocenters. The first kappa shape index (κ1) is 18.5. The molecule has 0 saturated heterocycles. The van der Waals surface area contributed by atoms with Crippen LogP contribution in [0.5, 0.6) is 11.5 Å². The average Bonchev–Trinajstić information content (AvgIpc) is 2.70. The average molecular weight is 366 g/mol. The topological polar surface area (TPSA) is 67.9 Å². The first-order valence-corrected chi connectivity index (χ1v) is 8.65. The molecule has 0 bridgehead atoms. The molecule has 6 nitrogen and oxygen atoms in total. The van der Waals surface area contributed by atoms with E-state index < -0.39 is 6.10 Å². The van der Waals surface area contributed by atoms with Crippen molar-refractivity contribution in [2.24, 2.45) is 0 Å². The fourth-order valence-corrected chi connectivity index (χ4v) is 2.98. The highest BCUT2D eigenvalue weighted by Crippen LogP contribution is 2.33. The van der Waals surface area contributed by atoms with E-state index in [2.05, 4.69) is 5.32 Å². The molecule has 3 rings (SSSR count). The van der Waals surface area contributed by atoms with Gasteiger partial charge in [0.1, 0.15) is 11.5 Å². The first-order chi connectivity index (χ1) is 13.0. The number of benzene rings is 2. The largest absolute Gasteiger partial charge is 0.496 e. The number of fused-ring (bicyclic) bond motifs is 1. The second-order valence-electron chi connectivity index (χ2n) is 6.22. The second-order valence-corrected chi connectivity index (χ2v) is 6.22. The summed E-state index contributed by atoms with van der Waals surface area (Å²) in [5.41, 5.74) is 2.53. The SMILES string of the molecule is CNC(=O)C1CN(C(=O)/C=C/c2cc(C)ccc2OC)c2ccccc2O1. The minimum absolute atomic E-state index is 0.144. The Labute approximate surface area is 158 Å². The summed E-state index contributed by atoms with van der Waals surface area (Å²) >= 11 is 0. The van der Waals surface area contributed by atoms with E-state index in [1.165, 1.54) is 6.08 Å². The fourth-order valence-electron chi connectivity index (χ4n) is 2.98. The number of carbonyl (C=O) groups is 2. The van der Waals surface area contributed by atoms with Gasteiger partial charge in [0.25, 0.3) is 11.8 Å². The number of carbonyl (C=O) groups excluding carboxylic acids is 2. The Morgan fingerprint density at radius 1 is 1.26 bits per heavy atom. The predicted octanol–water partition coefficient (Wildman–Crippen LogP) is 2.56. The zero-order chi connectivity index (χ0) is 19.4. The number of amides is 2. The zero-order valence-corrected chi connectivity index (χ0v) is 15.6. The molecule has 2 aromatic carbocycles. The van der Waals surface area contributed by atoms with Crippen molar-refractivity contribution in [2.45, 2.75) is 13.0 Å². The number of nitrogens with zero attached hydrogens (tertiary/aromatic N) is 1. The fraction of sp³-hybridized carbons (Fsp3) is 0.238. The molecule has 1 N–H and O–H groups in total. The van der Waals surface area contributed by atoms with Crippen molar-refractivity contribution in [1.29, 1.82) is 0 Å². The number of rotatable bonds is 4. The van der Waals surface area contributed by atoms with Gasteiger partial charge in [-0.05, 0) is 37.3 Å². The van der Waals surface area contributed by atoms with E-state index in [1.807, 2.05) is 31.2 Å². The van der Waals surface area contributed by atoms with Crippen molar-refractivity contribution in [3.8, 4) is 11.5 Å². The van der Waals surface area contributed by atoms with Crippen molar-refractivity contribution in [1.82, 2.24) is 5.32 Å². The van der Waals surface area contributed by atoms with Gasteiger partial charge in [-0.3, -0.25) is 9.59 Å². The lowest BCUT2D eigenvalue weighted by Crippen LogP contribution is -2.49. The van der Waals surface area contributed by atoms with Crippen LogP contribution in [0, 0.1) is 6.92 Å². The van der Waals surface area contributed by atoms with Crippen LogP contribution >= 0.6 is 0 Å². The number of ether oxygens (including phenoxy) is 2. The summed E-state index contributed by atoms with van der Waals surface area (Å²) in [5.74, 6) is 0.692. The number of methoxy groups -OCH3 is 1. The number of likely N-dealkylation sites (N-methyl/N-ethyl adjacent to an activating group) is 1. The highest BCUT2D eigenvalue weighted by molar-refractivity contribution is 6.06. The minimum Gasteiger partial charge on any atom is -0.496 e. The van der Waals surface area contributed by atoms with Gasteiger partial charge in [-0.15, -0.1) is 0 Å². The first-order valence-electron chi connectivity index (χ1n) is 8.65. The van der Waals surface area contributed by atoms with Gasteiger partial charge in [-0.2, -0.15) is 0 Å². The molecule has 0 fully saturated rings. The summed E-state index contributed by atoms with van der Waals surface area (Å²) in [6.07, 6.45) is 2.46. The van der Waals surface area contributed by atoms with Crippen LogP contribution in [0.1, 0.15) is 11.1 Å². The van der Waals surface area contributed by atoms with Gasteiger partial charge in [-0.1, -0.05) is 23.8 Å². The van der Waals surface area contributed by atoms with Crippen molar-refractivity contribution in [3.63, 3.8) is 0 Å². The standard InChI is InChI=1S/C21H22N2O4/c1-14-8-10-17(26-3)15(12-14)9-11-20(24)23-13-19(21(25)22-2)27-18-7-5-4-6-16(18)23/h4-12,19H,13H2,1-3H3,(H,22,25)/b11-9+. The molecule has 140 valence electrons. The summed E-state index contributed by atoms with van der Waals surface area (Å²) in [4.78, 5) is 26.5. The zero-order valence-electron chi connectivity index (χ0n) is 15.6. The highest BCUT2D eigenvalue weighted by Gasteiger charge is 2.32. The van der Waals surface area contributed by atoms with E-state index in [-0.39, 0.29) is 18.4 Å². The van der Waals surface area contributed by atoms with E-state index >= 15 is 0 Å². The molecule has 2 amide bonds.